The van der Waals surface area contributed by atoms with Crippen molar-refractivity contribution in [2.75, 3.05) is 26.8 Å². The van der Waals surface area contributed by atoms with E-state index in [0.29, 0.717) is 18.9 Å². The van der Waals surface area contributed by atoms with Crippen molar-refractivity contribution in [3.8, 4) is 11.5 Å². The number of piperidine rings is 1. The Morgan fingerprint density at radius 3 is 3.00 bits per heavy atom. The quantitative estimate of drug-likeness (QED) is 0.874. The van der Waals surface area contributed by atoms with Crippen LogP contribution in [0.25, 0.3) is 10.9 Å². The van der Waals surface area contributed by atoms with Gasteiger partial charge in [-0.2, -0.15) is 0 Å². The normalized spacial score (nSPS) is 18.5. The van der Waals surface area contributed by atoms with E-state index in [9.17, 15) is 4.79 Å². The fourth-order valence-corrected chi connectivity index (χ4v) is 2.97. The maximum Gasteiger partial charge on any atom is 0.234 e. The van der Waals surface area contributed by atoms with Crippen molar-refractivity contribution in [3.05, 3.63) is 36.9 Å². The van der Waals surface area contributed by atoms with Crippen LogP contribution < -0.4 is 15.2 Å². The number of benzene rings is 1. The van der Waals surface area contributed by atoms with Crippen molar-refractivity contribution in [2.45, 2.75) is 18.9 Å². The van der Waals surface area contributed by atoms with E-state index in [4.69, 9.17) is 15.2 Å². The van der Waals surface area contributed by atoms with Crippen molar-refractivity contribution in [1.29, 1.82) is 0 Å². The molecule has 127 valence electrons. The van der Waals surface area contributed by atoms with Gasteiger partial charge in [0, 0.05) is 11.9 Å². The van der Waals surface area contributed by atoms with E-state index in [1.54, 1.807) is 13.3 Å². The van der Waals surface area contributed by atoms with Gasteiger partial charge in [-0.1, -0.05) is 0 Å². The van der Waals surface area contributed by atoms with E-state index in [2.05, 4.69) is 16.3 Å². The number of nitrogens with zero attached hydrogens (tertiary/aromatic N) is 2. The molecule has 6 nitrogen and oxygen atoms in total. The molecule has 0 bridgehead atoms. The van der Waals surface area contributed by atoms with Gasteiger partial charge >= 0.3 is 0 Å². The van der Waals surface area contributed by atoms with Crippen LogP contribution in [-0.4, -0.2) is 48.6 Å². The maximum atomic E-state index is 11.5. The summed E-state index contributed by atoms with van der Waals surface area (Å²) < 4.78 is 11.0. The largest absolute Gasteiger partial charge is 0.495 e. The van der Waals surface area contributed by atoms with Gasteiger partial charge in [0.15, 0.2) is 0 Å². The number of aromatic nitrogens is 1. The molecule has 1 atom stereocenters. The molecule has 2 N–H and O–H groups in total. The van der Waals surface area contributed by atoms with Crippen molar-refractivity contribution < 1.29 is 14.3 Å². The van der Waals surface area contributed by atoms with E-state index in [1.165, 1.54) is 0 Å². The Morgan fingerprint density at radius 2 is 2.21 bits per heavy atom. The number of likely N-dealkylation sites (tertiary alicyclic amines) is 1. The summed E-state index contributed by atoms with van der Waals surface area (Å²) in [6.45, 7) is 2.03. The Kier molecular flexibility index (Phi) is 5.15. The average Bonchev–Trinajstić information content (AvgIpc) is 2.61. The smallest absolute Gasteiger partial charge is 0.234 e. The van der Waals surface area contributed by atoms with Gasteiger partial charge in [-0.15, -0.1) is 0 Å². The summed E-state index contributed by atoms with van der Waals surface area (Å²) in [6, 6.07) is 7.48. The average molecular weight is 328 g/mol. The highest BCUT2D eigenvalue weighted by atomic mass is 16.5. The molecule has 3 rings (SSSR count). The number of amides is 1. The van der Waals surface area contributed by atoms with Gasteiger partial charge in [-0.3, -0.25) is 14.7 Å². The zero-order valence-corrected chi connectivity index (χ0v) is 13.8. The number of ether oxygens (including phenoxy) is 2. The van der Waals surface area contributed by atoms with Crippen LogP contribution in [0.4, 0.5) is 0 Å². The van der Waals surface area contributed by atoms with E-state index >= 15 is 0 Å². The number of nitrogens with two attached hydrogens (primary N) is 1. The van der Waals surface area contributed by atoms with Gasteiger partial charge in [-0.05, 0) is 50.1 Å². The molecule has 1 amide bonds. The molecule has 2 aromatic rings. The van der Waals surface area contributed by atoms with Crippen LogP contribution in [0.1, 0.15) is 12.8 Å². The molecule has 0 saturated carbocycles. The van der Waals surface area contributed by atoms with E-state index in [-0.39, 0.29) is 11.9 Å². The standard InChI is InChI=1S/C18H22N3O3/c1-23-15-11-13-10-14(5-6-16(13)20-12-15)24-9-8-21-7-3-2-4-17(21)18(19)22/h2,5-6,10-12,17H,3-4,7-9H2,1H3,(H2,19,22). The zero-order valence-electron chi connectivity index (χ0n) is 13.8. The topological polar surface area (TPSA) is 77.7 Å². The first-order valence-corrected chi connectivity index (χ1v) is 8.09. The summed E-state index contributed by atoms with van der Waals surface area (Å²) in [5, 5.41) is 0.967. The summed E-state index contributed by atoms with van der Waals surface area (Å²) in [7, 11) is 1.62. The molecule has 24 heavy (non-hydrogen) atoms. The third-order valence-corrected chi connectivity index (χ3v) is 4.29. The lowest BCUT2D eigenvalue weighted by atomic mass is 10.0. The lowest BCUT2D eigenvalue weighted by molar-refractivity contribution is -0.123. The predicted molar refractivity (Wildman–Crippen MR) is 91.9 cm³/mol. The highest BCUT2D eigenvalue weighted by Gasteiger charge is 2.26. The molecule has 1 fully saturated rings. The number of hydrogen-bond acceptors (Lipinski definition) is 5. The van der Waals surface area contributed by atoms with Crippen LogP contribution in [0.5, 0.6) is 11.5 Å². The molecule has 1 saturated heterocycles. The minimum atomic E-state index is -0.269. The predicted octanol–water partition coefficient (Wildman–Crippen LogP) is 1.78. The fraction of sp³-hybridized carbons (Fsp3) is 0.389. The number of hydrogen-bond donors (Lipinski definition) is 1. The Hall–Kier alpha value is -2.34. The molecule has 0 aliphatic carbocycles. The van der Waals surface area contributed by atoms with Crippen LogP contribution >= 0.6 is 0 Å². The fourth-order valence-electron chi connectivity index (χ4n) is 2.97. The maximum absolute atomic E-state index is 11.5. The number of carbonyl (C=O) groups is 1. The monoisotopic (exact) mass is 328 g/mol. The lowest BCUT2D eigenvalue weighted by Crippen LogP contribution is -2.49. The molecule has 1 aliphatic rings. The third-order valence-electron chi connectivity index (χ3n) is 4.29. The minimum Gasteiger partial charge on any atom is -0.495 e. The van der Waals surface area contributed by atoms with Crippen LogP contribution in [0.2, 0.25) is 0 Å². The van der Waals surface area contributed by atoms with Crippen LogP contribution in [-0.2, 0) is 4.79 Å². The van der Waals surface area contributed by atoms with E-state index < -0.39 is 0 Å². The molecule has 1 aromatic heterocycles. The third kappa shape index (κ3) is 3.76. The summed E-state index contributed by atoms with van der Waals surface area (Å²) in [5.74, 6) is 1.22. The van der Waals surface area contributed by atoms with Gasteiger partial charge < -0.3 is 15.2 Å². The number of pyridine rings is 1. The summed E-state index contributed by atoms with van der Waals surface area (Å²) in [4.78, 5) is 17.9. The molecule has 1 aromatic carbocycles. The van der Waals surface area contributed by atoms with Gasteiger partial charge in [0.2, 0.25) is 5.91 Å². The first kappa shape index (κ1) is 16.5. The van der Waals surface area contributed by atoms with Crippen LogP contribution in [0.3, 0.4) is 0 Å². The number of primary amides is 1. The molecule has 1 aliphatic heterocycles. The summed E-state index contributed by atoms with van der Waals surface area (Å²) in [6.07, 6.45) is 5.51. The zero-order chi connectivity index (χ0) is 16.9. The summed E-state index contributed by atoms with van der Waals surface area (Å²) in [5.41, 5.74) is 6.36. The van der Waals surface area contributed by atoms with Crippen molar-refractivity contribution in [1.82, 2.24) is 9.88 Å². The number of methoxy groups -OCH3 is 1. The van der Waals surface area contributed by atoms with Gasteiger partial charge in [0.05, 0.1) is 24.9 Å². The molecule has 6 heteroatoms. The van der Waals surface area contributed by atoms with Gasteiger partial charge in [-0.25, -0.2) is 0 Å². The SMILES string of the molecule is COc1cnc2ccc(OCCN3CC[CH]CC3C(N)=O)cc2c1. The number of fused-ring (bicyclic) bond motifs is 1. The Balaban J connectivity index is 1.61. The number of carbonyl (C=O) groups excluding carboxylic acids is 1. The lowest BCUT2D eigenvalue weighted by Gasteiger charge is -2.33. The van der Waals surface area contributed by atoms with E-state index in [0.717, 1.165) is 36.0 Å². The molecular weight excluding hydrogens is 306 g/mol. The Morgan fingerprint density at radius 1 is 1.38 bits per heavy atom. The molecule has 0 spiro atoms. The highest BCUT2D eigenvalue weighted by Crippen LogP contribution is 2.23. The molecule has 2 heterocycles. The Bertz CT molecular complexity index is 720. The second-order valence-electron chi connectivity index (χ2n) is 5.85. The second kappa shape index (κ2) is 7.49. The Labute approximate surface area is 141 Å². The summed E-state index contributed by atoms with van der Waals surface area (Å²) >= 11 is 0. The van der Waals surface area contributed by atoms with Crippen molar-refractivity contribution >= 4 is 16.8 Å². The minimum absolute atomic E-state index is 0.215. The van der Waals surface area contributed by atoms with E-state index in [1.807, 2.05) is 24.3 Å². The van der Waals surface area contributed by atoms with Gasteiger partial charge in [0.25, 0.3) is 0 Å². The molecule has 1 radical (unpaired) electrons. The molecule has 1 unspecified atom stereocenters. The molecular formula is C18H22N3O3. The van der Waals surface area contributed by atoms with Crippen LogP contribution in [0.15, 0.2) is 30.5 Å². The van der Waals surface area contributed by atoms with Crippen molar-refractivity contribution in [3.63, 3.8) is 0 Å². The second-order valence-corrected chi connectivity index (χ2v) is 5.85. The van der Waals surface area contributed by atoms with Crippen LogP contribution in [0, 0.1) is 6.42 Å². The van der Waals surface area contributed by atoms with Gasteiger partial charge in [0.1, 0.15) is 18.1 Å². The first-order valence-electron chi connectivity index (χ1n) is 8.09. The highest BCUT2D eigenvalue weighted by molar-refractivity contribution is 5.81. The first-order chi connectivity index (χ1) is 11.7. The number of rotatable bonds is 6. The van der Waals surface area contributed by atoms with Crippen molar-refractivity contribution in [2.24, 2.45) is 5.73 Å².